The normalized spacial score (nSPS) is 12.2. The fourth-order valence-electron chi connectivity index (χ4n) is 2.85. The van der Waals surface area contributed by atoms with Gasteiger partial charge in [-0.1, -0.05) is 37.7 Å². The van der Waals surface area contributed by atoms with Crippen LogP contribution in [0.2, 0.25) is 0 Å². The smallest absolute Gasteiger partial charge is 0.237 e. The maximum absolute atomic E-state index is 14.1. The van der Waals surface area contributed by atoms with Gasteiger partial charge in [0, 0.05) is 18.3 Å². The second-order valence-corrected chi connectivity index (χ2v) is 8.37. The second-order valence-electron chi connectivity index (χ2n) is 7.06. The third kappa shape index (κ3) is 4.84. The number of nitrogens with zero attached hydrogens (tertiary/aromatic N) is 4. The number of halogens is 2. The van der Waals surface area contributed by atoms with Gasteiger partial charge < -0.3 is 9.88 Å². The zero-order chi connectivity index (χ0) is 21.8. The van der Waals surface area contributed by atoms with Crippen LogP contribution in [0, 0.1) is 11.8 Å². The van der Waals surface area contributed by atoms with Crippen LogP contribution in [0.4, 0.5) is 14.5 Å². The molecule has 0 saturated carbocycles. The lowest BCUT2D eigenvalue weighted by molar-refractivity contribution is -0.115. The van der Waals surface area contributed by atoms with E-state index in [-0.39, 0.29) is 17.3 Å². The molecule has 0 aliphatic carbocycles. The van der Waals surface area contributed by atoms with E-state index < -0.39 is 17.0 Å². The Morgan fingerprint density at radius 2 is 1.87 bits per heavy atom. The van der Waals surface area contributed by atoms with Crippen molar-refractivity contribution >= 4 is 23.4 Å². The van der Waals surface area contributed by atoms with Crippen LogP contribution in [0.5, 0.6) is 0 Å². The highest BCUT2D eigenvalue weighted by molar-refractivity contribution is 8.00. The molecule has 1 aromatic carbocycles. The molecule has 0 fully saturated rings. The molecule has 0 saturated heterocycles. The van der Waals surface area contributed by atoms with Crippen LogP contribution in [0.25, 0.3) is 11.4 Å². The summed E-state index contributed by atoms with van der Waals surface area (Å²) in [6.45, 7) is 8.24. The predicted octanol–water partition coefficient (Wildman–Crippen LogP) is 4.88. The van der Waals surface area contributed by atoms with E-state index in [0.29, 0.717) is 23.3 Å². The van der Waals surface area contributed by atoms with Gasteiger partial charge in [-0.25, -0.2) is 9.37 Å². The van der Waals surface area contributed by atoms with Gasteiger partial charge in [-0.2, -0.15) is 4.39 Å². The van der Waals surface area contributed by atoms with Crippen LogP contribution in [0.1, 0.15) is 39.2 Å². The Bertz CT molecular complexity index is 1040. The standard InChI is InChI=1S/C21H23F2N5OS/c1-5-28-19(16-10-18(23)24-11-17(16)22)26-27-21(28)30-13(4)20(29)25-15-8-6-14(7-9-15)12(2)3/h6-13H,5H2,1-4H3,(H,25,29). The van der Waals surface area contributed by atoms with Crippen molar-refractivity contribution in [3.8, 4) is 11.4 Å². The summed E-state index contributed by atoms with van der Waals surface area (Å²) in [6, 6.07) is 8.70. The molecule has 2 aromatic heterocycles. The molecular weight excluding hydrogens is 408 g/mol. The van der Waals surface area contributed by atoms with Gasteiger partial charge in [0.2, 0.25) is 11.9 Å². The third-order valence-corrected chi connectivity index (χ3v) is 5.67. The average Bonchev–Trinajstić information content (AvgIpc) is 3.12. The number of pyridine rings is 1. The van der Waals surface area contributed by atoms with Crippen LogP contribution >= 0.6 is 11.8 Å². The van der Waals surface area contributed by atoms with E-state index in [9.17, 15) is 13.6 Å². The molecule has 0 bridgehead atoms. The molecule has 3 rings (SSSR count). The van der Waals surface area contributed by atoms with E-state index in [2.05, 4.69) is 34.3 Å². The lowest BCUT2D eigenvalue weighted by atomic mass is 10.0. The molecule has 6 nitrogen and oxygen atoms in total. The number of hydrogen-bond donors (Lipinski definition) is 1. The van der Waals surface area contributed by atoms with Crippen LogP contribution < -0.4 is 5.32 Å². The van der Waals surface area contributed by atoms with Crippen molar-refractivity contribution < 1.29 is 13.6 Å². The summed E-state index contributed by atoms with van der Waals surface area (Å²) in [5, 5.41) is 10.9. The number of nitrogens with one attached hydrogen (secondary N) is 1. The number of aromatic nitrogens is 4. The molecule has 158 valence electrons. The number of rotatable bonds is 7. The van der Waals surface area contributed by atoms with E-state index >= 15 is 0 Å². The Morgan fingerprint density at radius 1 is 1.17 bits per heavy atom. The minimum Gasteiger partial charge on any atom is -0.325 e. The number of thioether (sulfide) groups is 1. The molecule has 9 heteroatoms. The Balaban J connectivity index is 1.75. The van der Waals surface area contributed by atoms with Crippen LogP contribution in [-0.4, -0.2) is 30.9 Å². The molecule has 30 heavy (non-hydrogen) atoms. The van der Waals surface area contributed by atoms with E-state index in [4.69, 9.17) is 0 Å². The molecule has 1 amide bonds. The summed E-state index contributed by atoms with van der Waals surface area (Å²) in [5.41, 5.74) is 1.88. The fourth-order valence-corrected chi connectivity index (χ4v) is 3.76. The summed E-state index contributed by atoms with van der Waals surface area (Å²) in [4.78, 5) is 15.9. The maximum Gasteiger partial charge on any atom is 0.237 e. The molecule has 2 heterocycles. The molecular formula is C21H23F2N5OS. The van der Waals surface area contributed by atoms with Gasteiger partial charge in [0.1, 0.15) is 0 Å². The van der Waals surface area contributed by atoms with Crippen molar-refractivity contribution in [2.75, 3.05) is 5.32 Å². The second kappa shape index (κ2) is 9.34. The third-order valence-electron chi connectivity index (χ3n) is 4.59. The van der Waals surface area contributed by atoms with E-state index in [0.717, 1.165) is 12.3 Å². The zero-order valence-electron chi connectivity index (χ0n) is 17.2. The van der Waals surface area contributed by atoms with Crippen LogP contribution in [0.3, 0.4) is 0 Å². The average molecular weight is 432 g/mol. The molecule has 1 unspecified atom stereocenters. The summed E-state index contributed by atoms with van der Waals surface area (Å²) in [7, 11) is 0. The Labute approximate surface area is 178 Å². The number of hydrogen-bond acceptors (Lipinski definition) is 5. The van der Waals surface area contributed by atoms with Crippen molar-refractivity contribution in [2.24, 2.45) is 0 Å². The maximum atomic E-state index is 14.1. The molecule has 1 atom stereocenters. The van der Waals surface area contributed by atoms with Crippen LogP contribution in [-0.2, 0) is 11.3 Å². The number of amides is 1. The summed E-state index contributed by atoms with van der Waals surface area (Å²) in [5.74, 6) is -1.08. The zero-order valence-corrected chi connectivity index (χ0v) is 18.0. The van der Waals surface area contributed by atoms with Crippen molar-refractivity contribution in [1.29, 1.82) is 0 Å². The quantitative estimate of drug-likeness (QED) is 0.426. The predicted molar refractivity (Wildman–Crippen MR) is 113 cm³/mol. The number of carbonyl (C=O) groups excluding carboxylic acids is 1. The molecule has 0 aliphatic heterocycles. The first-order valence-corrected chi connectivity index (χ1v) is 10.5. The highest BCUT2D eigenvalue weighted by Gasteiger charge is 2.22. The molecule has 3 aromatic rings. The first-order valence-electron chi connectivity index (χ1n) is 9.62. The van der Waals surface area contributed by atoms with E-state index in [1.165, 1.54) is 17.3 Å². The SMILES string of the molecule is CCn1c(SC(C)C(=O)Nc2ccc(C(C)C)cc2)nnc1-c1cc(F)ncc1F. The fraction of sp³-hybridized carbons (Fsp3) is 0.333. The monoisotopic (exact) mass is 431 g/mol. The van der Waals surface area contributed by atoms with Gasteiger partial charge in [0.25, 0.3) is 0 Å². The van der Waals surface area contributed by atoms with Gasteiger partial charge in [-0.05, 0) is 37.5 Å². The largest absolute Gasteiger partial charge is 0.325 e. The van der Waals surface area contributed by atoms with Gasteiger partial charge in [0.05, 0.1) is 17.0 Å². The Kier molecular flexibility index (Phi) is 6.81. The Morgan fingerprint density at radius 3 is 2.50 bits per heavy atom. The minimum absolute atomic E-state index is 0.0222. The highest BCUT2D eigenvalue weighted by Crippen LogP contribution is 2.29. The molecule has 0 spiro atoms. The van der Waals surface area contributed by atoms with Crippen LogP contribution in [0.15, 0.2) is 41.7 Å². The van der Waals surface area contributed by atoms with E-state index in [1.807, 2.05) is 31.2 Å². The summed E-state index contributed by atoms with van der Waals surface area (Å²) < 4.78 is 29.2. The summed E-state index contributed by atoms with van der Waals surface area (Å²) in [6.07, 6.45) is 0.812. The Hall–Kier alpha value is -2.81. The van der Waals surface area contributed by atoms with E-state index in [1.54, 1.807) is 11.5 Å². The first kappa shape index (κ1) is 21.9. The topological polar surface area (TPSA) is 72.7 Å². The van der Waals surface area contributed by atoms with Gasteiger partial charge in [-0.3, -0.25) is 4.79 Å². The van der Waals surface area contributed by atoms with Gasteiger partial charge in [-0.15, -0.1) is 10.2 Å². The molecule has 0 radical (unpaired) electrons. The number of benzene rings is 1. The van der Waals surface area contributed by atoms with Crippen molar-refractivity contribution in [3.63, 3.8) is 0 Å². The van der Waals surface area contributed by atoms with Gasteiger partial charge in [0.15, 0.2) is 16.8 Å². The van der Waals surface area contributed by atoms with Crippen molar-refractivity contribution in [3.05, 3.63) is 53.9 Å². The lowest BCUT2D eigenvalue weighted by Crippen LogP contribution is -2.23. The van der Waals surface area contributed by atoms with Gasteiger partial charge >= 0.3 is 0 Å². The number of anilines is 1. The molecule has 1 N–H and O–H groups in total. The summed E-state index contributed by atoms with van der Waals surface area (Å²) >= 11 is 1.20. The number of carbonyl (C=O) groups is 1. The molecule has 0 aliphatic rings. The first-order chi connectivity index (χ1) is 14.3. The minimum atomic E-state index is -0.803. The lowest BCUT2D eigenvalue weighted by Gasteiger charge is -2.13. The highest BCUT2D eigenvalue weighted by atomic mass is 32.2. The van der Waals surface area contributed by atoms with Crippen molar-refractivity contribution in [2.45, 2.75) is 50.6 Å². The van der Waals surface area contributed by atoms with Crippen molar-refractivity contribution in [1.82, 2.24) is 19.7 Å².